The van der Waals surface area contributed by atoms with Crippen LogP contribution in [0, 0.1) is 12.8 Å². The topological polar surface area (TPSA) is 80.3 Å². The number of aromatic amines is 1. The summed E-state index contributed by atoms with van der Waals surface area (Å²) in [6.45, 7) is 5.25. The highest BCUT2D eigenvalue weighted by molar-refractivity contribution is 5.93. The minimum absolute atomic E-state index is 0.0100. The van der Waals surface area contributed by atoms with Gasteiger partial charge >= 0.3 is 0 Å². The monoisotopic (exact) mass is 356 g/mol. The molecule has 0 saturated carbocycles. The van der Waals surface area contributed by atoms with Crippen LogP contribution in [0.5, 0.6) is 0 Å². The van der Waals surface area contributed by atoms with Crippen LogP contribution in [0.15, 0.2) is 30.5 Å². The summed E-state index contributed by atoms with van der Waals surface area (Å²) in [6, 6.07) is 7.67. The molecule has 2 aromatic heterocycles. The van der Waals surface area contributed by atoms with Gasteiger partial charge in [0.2, 0.25) is 0 Å². The summed E-state index contributed by atoms with van der Waals surface area (Å²) in [7, 11) is 0. The smallest absolute Gasteiger partial charge is 0.272 e. The number of amides is 1. The second-order valence-corrected chi connectivity index (χ2v) is 7.14. The maximum Gasteiger partial charge on any atom is 0.272 e. The fraction of sp³-hybridized carbons (Fsp3) is 0.526. The fourth-order valence-corrected chi connectivity index (χ4v) is 3.91. The minimum atomic E-state index is -0.194. The molecule has 1 N–H and O–H groups in total. The van der Waals surface area contributed by atoms with Crippen molar-refractivity contribution in [2.75, 3.05) is 26.3 Å². The molecule has 1 spiro atoms. The molecule has 2 fully saturated rings. The van der Waals surface area contributed by atoms with Crippen LogP contribution < -0.4 is 0 Å². The third kappa shape index (κ3) is 3.37. The summed E-state index contributed by atoms with van der Waals surface area (Å²) in [6.07, 6.45) is 3.56. The van der Waals surface area contributed by atoms with Crippen molar-refractivity contribution in [3.8, 4) is 0 Å². The lowest BCUT2D eigenvalue weighted by Gasteiger charge is -2.50. The van der Waals surface area contributed by atoms with E-state index in [4.69, 9.17) is 9.47 Å². The van der Waals surface area contributed by atoms with E-state index in [2.05, 4.69) is 15.2 Å². The molecular weight excluding hydrogens is 332 g/mol. The van der Waals surface area contributed by atoms with Gasteiger partial charge in [-0.15, -0.1) is 0 Å². The fourth-order valence-electron chi connectivity index (χ4n) is 3.91. The molecule has 7 heteroatoms. The van der Waals surface area contributed by atoms with Crippen LogP contribution in [0.3, 0.4) is 0 Å². The van der Waals surface area contributed by atoms with Crippen LogP contribution in [0.2, 0.25) is 0 Å². The van der Waals surface area contributed by atoms with E-state index in [-0.39, 0.29) is 11.5 Å². The maximum atomic E-state index is 12.3. The lowest BCUT2D eigenvalue weighted by Crippen LogP contribution is -2.66. The molecule has 2 aromatic rings. The zero-order chi connectivity index (χ0) is 18.0. The number of aromatic nitrogens is 3. The van der Waals surface area contributed by atoms with Gasteiger partial charge < -0.3 is 14.4 Å². The molecule has 2 saturated heterocycles. The lowest BCUT2D eigenvalue weighted by atomic mass is 9.79. The summed E-state index contributed by atoms with van der Waals surface area (Å²) >= 11 is 0. The van der Waals surface area contributed by atoms with Crippen molar-refractivity contribution < 1.29 is 14.3 Å². The van der Waals surface area contributed by atoms with Crippen molar-refractivity contribution in [1.82, 2.24) is 20.1 Å². The van der Waals surface area contributed by atoms with E-state index in [0.717, 1.165) is 30.8 Å². The van der Waals surface area contributed by atoms with Crippen LogP contribution in [0.25, 0.3) is 0 Å². The molecule has 7 nitrogen and oxygen atoms in total. The Balaban J connectivity index is 1.25. The third-order valence-electron chi connectivity index (χ3n) is 5.34. The van der Waals surface area contributed by atoms with Crippen LogP contribution in [-0.4, -0.2) is 57.9 Å². The van der Waals surface area contributed by atoms with Gasteiger partial charge in [-0.2, -0.15) is 5.10 Å². The molecule has 4 rings (SSSR count). The van der Waals surface area contributed by atoms with Crippen LogP contribution in [0.1, 0.15) is 34.7 Å². The number of hydrogen-bond donors (Lipinski definition) is 1. The Hall–Kier alpha value is -2.25. The predicted molar refractivity (Wildman–Crippen MR) is 94.5 cm³/mol. The first-order valence-corrected chi connectivity index (χ1v) is 9.09. The number of carbonyl (C=O) groups is 1. The number of likely N-dealkylation sites (tertiary alicyclic amines) is 1. The normalized spacial score (nSPS) is 21.1. The quantitative estimate of drug-likeness (QED) is 0.800. The molecule has 1 amide bonds. The first kappa shape index (κ1) is 17.2. The van der Waals surface area contributed by atoms with Crippen LogP contribution in [0.4, 0.5) is 0 Å². The van der Waals surface area contributed by atoms with Gasteiger partial charge in [0.05, 0.1) is 25.4 Å². The molecule has 0 unspecified atom stereocenters. The Kier molecular flexibility index (Phi) is 4.74. The van der Waals surface area contributed by atoms with E-state index in [1.165, 1.54) is 0 Å². The van der Waals surface area contributed by atoms with Crippen LogP contribution in [-0.2, 0) is 16.1 Å². The van der Waals surface area contributed by atoms with E-state index < -0.39 is 0 Å². The molecule has 138 valence electrons. The SMILES string of the molecule is Cc1cccc(COCC[C@@H]2CCOC23CN(C(=O)c2ccn[nH]2)C3)n1. The Morgan fingerprint density at radius 2 is 2.31 bits per heavy atom. The van der Waals surface area contributed by atoms with Gasteiger partial charge in [-0.1, -0.05) is 6.07 Å². The summed E-state index contributed by atoms with van der Waals surface area (Å²) in [5, 5.41) is 6.57. The van der Waals surface area contributed by atoms with Gasteiger partial charge in [0.15, 0.2) is 0 Å². The number of H-pyrrole nitrogens is 1. The number of rotatable bonds is 6. The Morgan fingerprint density at radius 3 is 3.08 bits per heavy atom. The van der Waals surface area contributed by atoms with Gasteiger partial charge in [-0.25, -0.2) is 0 Å². The van der Waals surface area contributed by atoms with Crippen molar-refractivity contribution in [3.63, 3.8) is 0 Å². The van der Waals surface area contributed by atoms with Crippen molar-refractivity contribution >= 4 is 5.91 Å². The molecule has 4 heterocycles. The highest BCUT2D eigenvalue weighted by Crippen LogP contribution is 2.42. The van der Waals surface area contributed by atoms with E-state index in [9.17, 15) is 4.79 Å². The largest absolute Gasteiger partial charge is 0.375 e. The van der Waals surface area contributed by atoms with Crippen molar-refractivity contribution in [2.45, 2.75) is 32.0 Å². The summed E-state index contributed by atoms with van der Waals surface area (Å²) in [5.74, 6) is 0.419. The third-order valence-corrected chi connectivity index (χ3v) is 5.34. The highest BCUT2D eigenvalue weighted by Gasteiger charge is 2.54. The average Bonchev–Trinajstić information content (AvgIpc) is 3.26. The summed E-state index contributed by atoms with van der Waals surface area (Å²) in [5.41, 5.74) is 2.30. The zero-order valence-electron chi connectivity index (χ0n) is 15.0. The molecule has 2 aliphatic rings. The Morgan fingerprint density at radius 1 is 1.42 bits per heavy atom. The molecule has 1 atom stereocenters. The number of carbonyl (C=O) groups excluding carboxylic acids is 1. The van der Waals surface area contributed by atoms with Crippen molar-refractivity contribution in [1.29, 1.82) is 0 Å². The first-order valence-electron chi connectivity index (χ1n) is 9.09. The zero-order valence-corrected chi connectivity index (χ0v) is 15.0. The molecular formula is C19H24N4O3. The maximum absolute atomic E-state index is 12.3. The number of pyridine rings is 1. The van der Waals surface area contributed by atoms with Gasteiger partial charge in [-0.3, -0.25) is 14.9 Å². The second-order valence-electron chi connectivity index (χ2n) is 7.14. The summed E-state index contributed by atoms with van der Waals surface area (Å²) < 4.78 is 11.9. The van der Waals surface area contributed by atoms with Crippen molar-refractivity contribution in [3.05, 3.63) is 47.5 Å². The van der Waals surface area contributed by atoms with Gasteiger partial charge in [0.1, 0.15) is 11.3 Å². The first-order chi connectivity index (χ1) is 12.7. The number of hydrogen-bond acceptors (Lipinski definition) is 5. The van der Waals surface area contributed by atoms with E-state index in [1.54, 1.807) is 12.3 Å². The van der Waals surface area contributed by atoms with Crippen molar-refractivity contribution in [2.24, 2.45) is 5.92 Å². The highest BCUT2D eigenvalue weighted by atomic mass is 16.5. The van der Waals surface area contributed by atoms with Crippen LogP contribution >= 0.6 is 0 Å². The second kappa shape index (κ2) is 7.17. The average molecular weight is 356 g/mol. The van der Waals surface area contributed by atoms with Gasteiger partial charge in [-0.05, 0) is 43.9 Å². The summed E-state index contributed by atoms with van der Waals surface area (Å²) in [4.78, 5) is 18.6. The number of ether oxygens (including phenoxy) is 2. The number of nitrogens with one attached hydrogen (secondary N) is 1. The molecule has 0 aliphatic carbocycles. The lowest BCUT2D eigenvalue weighted by molar-refractivity contribution is -0.120. The van der Waals surface area contributed by atoms with Gasteiger partial charge in [0.25, 0.3) is 5.91 Å². The molecule has 0 radical (unpaired) electrons. The Labute approximate surface area is 152 Å². The van der Waals surface area contributed by atoms with Gasteiger partial charge in [0, 0.05) is 25.1 Å². The number of aryl methyl sites for hydroxylation is 1. The predicted octanol–water partition coefficient (Wildman–Crippen LogP) is 1.95. The van der Waals surface area contributed by atoms with E-state index >= 15 is 0 Å². The van der Waals surface area contributed by atoms with E-state index in [0.29, 0.717) is 37.9 Å². The molecule has 2 aliphatic heterocycles. The van der Waals surface area contributed by atoms with E-state index in [1.807, 2.05) is 30.0 Å². The standard InChI is InChI=1S/C19H24N4O3/c1-14-3-2-4-16(21-14)11-25-9-6-15-7-10-26-19(15)12-23(13-19)18(24)17-5-8-20-22-17/h2-5,8,15H,6-7,9-13H2,1H3,(H,20,22)/t15-/m1/s1. The molecule has 26 heavy (non-hydrogen) atoms. The Bertz CT molecular complexity index is 756. The minimum Gasteiger partial charge on any atom is -0.375 e. The molecule has 0 bridgehead atoms. The molecule has 0 aromatic carbocycles. The number of nitrogens with zero attached hydrogens (tertiary/aromatic N) is 3.